The summed E-state index contributed by atoms with van der Waals surface area (Å²) in [6.07, 6.45) is -0.0763. The Balaban J connectivity index is 2.30. The van der Waals surface area contributed by atoms with Crippen molar-refractivity contribution >= 4 is 39.0 Å². The molecular weight excluding hydrogens is 333 g/mol. The predicted molar refractivity (Wildman–Crippen MR) is 78.0 cm³/mol. The first-order valence-corrected chi connectivity index (χ1v) is 6.66. The van der Waals surface area contributed by atoms with Crippen LogP contribution in [0.3, 0.4) is 0 Å². The molecule has 2 aromatic carbocycles. The van der Waals surface area contributed by atoms with Gasteiger partial charge in [0, 0.05) is 27.2 Å². The lowest BCUT2D eigenvalue weighted by molar-refractivity contribution is 0.0992. The molecule has 2 N–H and O–H groups in total. The highest BCUT2D eigenvalue weighted by Crippen LogP contribution is 2.22. The van der Waals surface area contributed by atoms with Gasteiger partial charge in [-0.1, -0.05) is 27.5 Å². The highest BCUT2D eigenvalue weighted by molar-refractivity contribution is 9.10. The molecule has 0 atom stereocenters. The second-order valence-electron chi connectivity index (χ2n) is 4.07. The van der Waals surface area contributed by atoms with E-state index in [0.29, 0.717) is 16.3 Å². The fraction of sp³-hybridized carbons (Fsp3) is 0.0714. The summed E-state index contributed by atoms with van der Waals surface area (Å²) >= 11 is 9.07. The molecule has 0 unspecified atom stereocenters. The van der Waals surface area contributed by atoms with Gasteiger partial charge in [-0.2, -0.15) is 0 Å². The topological polar surface area (TPSA) is 43.1 Å². The summed E-state index contributed by atoms with van der Waals surface area (Å²) in [5.41, 5.74) is 6.75. The largest absolute Gasteiger partial charge is 0.398 e. The number of hydrogen-bond acceptors (Lipinski definition) is 2. The minimum absolute atomic E-state index is 0.0763. The fourth-order valence-electron chi connectivity index (χ4n) is 1.72. The molecule has 0 radical (unpaired) electrons. The van der Waals surface area contributed by atoms with E-state index in [9.17, 15) is 9.18 Å². The van der Waals surface area contributed by atoms with E-state index in [0.717, 1.165) is 4.47 Å². The zero-order chi connectivity index (χ0) is 14.0. The Bertz CT molecular complexity index is 645. The first kappa shape index (κ1) is 14.0. The molecule has 0 aliphatic carbocycles. The monoisotopic (exact) mass is 341 g/mol. The summed E-state index contributed by atoms with van der Waals surface area (Å²) in [6.45, 7) is 0. The van der Waals surface area contributed by atoms with Crippen LogP contribution in [0.25, 0.3) is 0 Å². The van der Waals surface area contributed by atoms with E-state index in [1.165, 1.54) is 18.2 Å². The minimum Gasteiger partial charge on any atom is -0.398 e. The number of nitrogen functional groups attached to an aromatic ring is 1. The number of carbonyl (C=O) groups excluding carboxylic acids is 1. The second-order valence-corrected chi connectivity index (χ2v) is 5.42. The van der Waals surface area contributed by atoms with Crippen LogP contribution in [0, 0.1) is 5.82 Å². The summed E-state index contributed by atoms with van der Waals surface area (Å²) in [6, 6.07) is 9.13. The Morgan fingerprint density at radius 1 is 1.26 bits per heavy atom. The minimum atomic E-state index is -0.452. The molecule has 98 valence electrons. The molecule has 0 saturated heterocycles. The van der Waals surface area contributed by atoms with Crippen molar-refractivity contribution in [3.8, 4) is 0 Å². The van der Waals surface area contributed by atoms with Gasteiger partial charge < -0.3 is 5.73 Å². The van der Waals surface area contributed by atoms with Crippen LogP contribution >= 0.6 is 27.5 Å². The van der Waals surface area contributed by atoms with Crippen LogP contribution in [-0.4, -0.2) is 5.78 Å². The number of nitrogens with two attached hydrogens (primary N) is 1. The Labute approximate surface area is 123 Å². The van der Waals surface area contributed by atoms with Gasteiger partial charge in [-0.25, -0.2) is 4.39 Å². The van der Waals surface area contributed by atoms with Crippen molar-refractivity contribution in [2.45, 2.75) is 6.42 Å². The molecular formula is C14H10BrClFNO. The molecule has 2 aromatic rings. The zero-order valence-corrected chi connectivity index (χ0v) is 12.1. The number of hydrogen-bond donors (Lipinski definition) is 1. The third-order valence-corrected chi connectivity index (χ3v) is 3.40. The van der Waals surface area contributed by atoms with Crippen LogP contribution in [-0.2, 0) is 6.42 Å². The molecule has 0 aliphatic rings. The van der Waals surface area contributed by atoms with Crippen molar-refractivity contribution in [2.24, 2.45) is 0 Å². The first-order chi connectivity index (χ1) is 8.97. The number of Topliss-reactive ketones (excluding diaryl/α,β-unsaturated/α-hetero) is 1. The zero-order valence-electron chi connectivity index (χ0n) is 9.79. The summed E-state index contributed by atoms with van der Waals surface area (Å²) < 4.78 is 14.3. The lowest BCUT2D eigenvalue weighted by Crippen LogP contribution is -2.08. The number of halogens is 3. The van der Waals surface area contributed by atoms with E-state index in [1.807, 2.05) is 0 Å². The average molecular weight is 343 g/mol. The molecule has 0 bridgehead atoms. The number of ketones is 1. The van der Waals surface area contributed by atoms with Gasteiger partial charge in [0.2, 0.25) is 0 Å². The molecule has 0 amide bonds. The SMILES string of the molecule is Nc1ccc(Br)cc1C(=O)Cc1cc(Cl)ccc1F. The van der Waals surface area contributed by atoms with Gasteiger partial charge in [0.1, 0.15) is 5.82 Å². The van der Waals surface area contributed by atoms with Gasteiger partial charge in [-0.3, -0.25) is 4.79 Å². The molecule has 2 rings (SSSR count). The average Bonchev–Trinajstić information content (AvgIpc) is 2.36. The molecule has 19 heavy (non-hydrogen) atoms. The Kier molecular flexibility index (Phi) is 4.22. The second kappa shape index (κ2) is 5.72. The van der Waals surface area contributed by atoms with Crippen LogP contribution in [0.2, 0.25) is 5.02 Å². The fourth-order valence-corrected chi connectivity index (χ4v) is 2.27. The maximum Gasteiger partial charge on any atom is 0.169 e. The van der Waals surface area contributed by atoms with Crippen LogP contribution in [0.4, 0.5) is 10.1 Å². The molecule has 2 nitrogen and oxygen atoms in total. The molecule has 0 fully saturated rings. The quantitative estimate of drug-likeness (QED) is 0.669. The lowest BCUT2D eigenvalue weighted by atomic mass is 10.0. The Morgan fingerprint density at radius 2 is 2.00 bits per heavy atom. The van der Waals surface area contributed by atoms with Gasteiger partial charge in [0.15, 0.2) is 5.78 Å². The van der Waals surface area contributed by atoms with Crippen LogP contribution < -0.4 is 5.73 Å². The van der Waals surface area contributed by atoms with Crippen molar-refractivity contribution in [3.05, 3.63) is 62.8 Å². The van der Waals surface area contributed by atoms with Crippen molar-refractivity contribution in [1.82, 2.24) is 0 Å². The van der Waals surface area contributed by atoms with E-state index in [4.69, 9.17) is 17.3 Å². The van der Waals surface area contributed by atoms with Gasteiger partial charge >= 0.3 is 0 Å². The maximum atomic E-state index is 13.6. The van der Waals surface area contributed by atoms with Crippen molar-refractivity contribution in [2.75, 3.05) is 5.73 Å². The van der Waals surface area contributed by atoms with Gasteiger partial charge in [0.05, 0.1) is 0 Å². The standard InChI is InChI=1S/C14H10BrClFNO/c15-9-1-4-13(18)11(7-9)14(19)6-8-5-10(16)2-3-12(8)17/h1-5,7H,6,18H2. The molecule has 0 aromatic heterocycles. The van der Waals surface area contributed by atoms with Gasteiger partial charge in [-0.15, -0.1) is 0 Å². The highest BCUT2D eigenvalue weighted by Gasteiger charge is 2.14. The maximum absolute atomic E-state index is 13.6. The molecule has 0 saturated carbocycles. The smallest absolute Gasteiger partial charge is 0.169 e. The molecule has 0 heterocycles. The third kappa shape index (κ3) is 3.33. The lowest BCUT2D eigenvalue weighted by Gasteiger charge is -2.07. The predicted octanol–water partition coefficient (Wildman–Crippen LogP) is 4.25. The first-order valence-electron chi connectivity index (χ1n) is 5.49. The van der Waals surface area contributed by atoms with E-state index in [2.05, 4.69) is 15.9 Å². The molecule has 0 spiro atoms. The van der Waals surface area contributed by atoms with Crippen LogP contribution in [0.1, 0.15) is 15.9 Å². The van der Waals surface area contributed by atoms with Crippen molar-refractivity contribution in [3.63, 3.8) is 0 Å². The van der Waals surface area contributed by atoms with Gasteiger partial charge in [-0.05, 0) is 42.0 Å². The van der Waals surface area contributed by atoms with Crippen molar-refractivity contribution in [1.29, 1.82) is 0 Å². The van der Waals surface area contributed by atoms with E-state index in [-0.39, 0.29) is 17.8 Å². The van der Waals surface area contributed by atoms with E-state index >= 15 is 0 Å². The van der Waals surface area contributed by atoms with E-state index in [1.54, 1.807) is 18.2 Å². The highest BCUT2D eigenvalue weighted by atomic mass is 79.9. The molecule has 5 heteroatoms. The normalized spacial score (nSPS) is 10.5. The van der Waals surface area contributed by atoms with Crippen LogP contribution in [0.15, 0.2) is 40.9 Å². The number of carbonyl (C=O) groups is 1. The van der Waals surface area contributed by atoms with Gasteiger partial charge in [0.25, 0.3) is 0 Å². The summed E-state index contributed by atoms with van der Waals surface area (Å²) in [5, 5.41) is 0.395. The Hall–Kier alpha value is -1.39. The summed E-state index contributed by atoms with van der Waals surface area (Å²) in [7, 11) is 0. The Morgan fingerprint density at radius 3 is 2.74 bits per heavy atom. The number of benzene rings is 2. The molecule has 0 aliphatic heterocycles. The summed E-state index contributed by atoms with van der Waals surface area (Å²) in [4.78, 5) is 12.1. The summed E-state index contributed by atoms with van der Waals surface area (Å²) in [5.74, 6) is -0.703. The van der Waals surface area contributed by atoms with E-state index < -0.39 is 5.82 Å². The number of anilines is 1. The van der Waals surface area contributed by atoms with Crippen LogP contribution in [0.5, 0.6) is 0 Å². The third-order valence-electron chi connectivity index (χ3n) is 2.67. The van der Waals surface area contributed by atoms with Crippen molar-refractivity contribution < 1.29 is 9.18 Å². The number of rotatable bonds is 3.